The second kappa shape index (κ2) is 27.8. The second-order valence-electron chi connectivity index (χ2n) is 16.0. The maximum absolute atomic E-state index is 14.8. The smallest absolute Gasteiger partial charge is 0.245 e. The normalized spacial score (nSPS) is 19.1. The summed E-state index contributed by atoms with van der Waals surface area (Å²) in [6, 6.07) is 12.2. The number of hydrogen-bond donors (Lipinski definition) is 9. The number of nitrogens with two attached hydrogens (primary N) is 3. The fourth-order valence-corrected chi connectivity index (χ4v) is 7.37. The van der Waals surface area contributed by atoms with Gasteiger partial charge in [0.1, 0.15) is 30.2 Å². The van der Waals surface area contributed by atoms with Crippen molar-refractivity contribution in [2.24, 2.45) is 28.1 Å². The van der Waals surface area contributed by atoms with E-state index in [1.165, 1.54) is 16.7 Å². The van der Waals surface area contributed by atoms with Gasteiger partial charge < -0.3 is 54.0 Å². The van der Waals surface area contributed by atoms with Gasteiger partial charge in [-0.2, -0.15) is 11.8 Å². The van der Waals surface area contributed by atoms with Crippen molar-refractivity contribution in [1.29, 1.82) is 0 Å². The first-order valence-corrected chi connectivity index (χ1v) is 22.9. The zero-order chi connectivity index (χ0) is 47.0. The van der Waals surface area contributed by atoms with Crippen LogP contribution in [0.2, 0.25) is 0 Å². The zero-order valence-corrected chi connectivity index (χ0v) is 37.8. The molecule has 12 N–H and O–H groups in total. The van der Waals surface area contributed by atoms with Crippen molar-refractivity contribution in [2.75, 3.05) is 38.2 Å². The van der Waals surface area contributed by atoms with Gasteiger partial charge in [-0.25, -0.2) is 0 Å². The molecule has 0 aliphatic carbocycles. The Morgan fingerprint density at radius 2 is 1.39 bits per heavy atom. The van der Waals surface area contributed by atoms with Gasteiger partial charge in [-0.3, -0.25) is 43.3 Å². The molecule has 20 heteroatoms. The molecule has 1 saturated heterocycles. The van der Waals surface area contributed by atoms with Crippen molar-refractivity contribution in [3.05, 3.63) is 71.8 Å². The van der Waals surface area contributed by atoms with Crippen LogP contribution in [0.3, 0.4) is 0 Å². The van der Waals surface area contributed by atoms with Gasteiger partial charge in [-0.1, -0.05) is 74.5 Å². The Balaban J connectivity index is 2.02. The lowest BCUT2D eigenvalue weighted by Crippen LogP contribution is -2.59. The van der Waals surface area contributed by atoms with Crippen molar-refractivity contribution in [2.45, 2.75) is 102 Å². The quantitative estimate of drug-likeness (QED) is 0.0486. The first-order chi connectivity index (χ1) is 30.6. The van der Waals surface area contributed by atoms with E-state index in [-0.39, 0.29) is 76.5 Å². The van der Waals surface area contributed by atoms with E-state index in [9.17, 15) is 38.4 Å². The number of nitrogens with zero attached hydrogens (tertiary/aromatic N) is 2. The van der Waals surface area contributed by atoms with Gasteiger partial charge in [0.05, 0.1) is 6.54 Å². The van der Waals surface area contributed by atoms with Gasteiger partial charge in [0.2, 0.25) is 47.3 Å². The summed E-state index contributed by atoms with van der Waals surface area (Å²) in [5.41, 5.74) is 17.9. The van der Waals surface area contributed by atoms with Crippen LogP contribution in [0.1, 0.15) is 69.9 Å². The Labute approximate surface area is 379 Å². The van der Waals surface area contributed by atoms with E-state index in [0.29, 0.717) is 29.7 Å². The molecular weight excluding hydrogens is 843 g/mol. The lowest BCUT2D eigenvalue weighted by atomic mass is 10.0. The summed E-state index contributed by atoms with van der Waals surface area (Å²) < 4.78 is 0. The number of thioether (sulfide) groups is 1. The van der Waals surface area contributed by atoms with Gasteiger partial charge >= 0.3 is 0 Å². The van der Waals surface area contributed by atoms with Gasteiger partial charge in [-0.05, 0) is 61.2 Å². The van der Waals surface area contributed by atoms with Crippen LogP contribution in [-0.2, 0) is 51.2 Å². The van der Waals surface area contributed by atoms with E-state index in [4.69, 9.17) is 17.2 Å². The molecule has 1 fully saturated rings. The highest BCUT2D eigenvalue weighted by Gasteiger charge is 2.34. The van der Waals surface area contributed by atoms with Gasteiger partial charge in [0.25, 0.3) is 0 Å². The Hall–Kier alpha value is -6.18. The molecular formula is C44H65N11O8S. The number of nitrogens with one attached hydrogen (secondary N) is 6. The van der Waals surface area contributed by atoms with Crippen molar-refractivity contribution in [1.82, 2.24) is 36.8 Å². The second-order valence-corrected chi connectivity index (χ2v) is 17.0. The van der Waals surface area contributed by atoms with E-state index >= 15 is 0 Å². The molecule has 0 bridgehead atoms. The summed E-state index contributed by atoms with van der Waals surface area (Å²) in [7, 11) is 0. The number of amides is 8. The van der Waals surface area contributed by atoms with Crippen LogP contribution in [0.4, 0.5) is 0 Å². The van der Waals surface area contributed by atoms with Gasteiger partial charge in [0.15, 0.2) is 5.96 Å². The molecule has 0 unspecified atom stereocenters. The average molecular weight is 908 g/mol. The van der Waals surface area contributed by atoms with E-state index < -0.39 is 84.0 Å². The number of guanidine groups is 1. The standard InChI is InChI=1S/C44H65N11O8S/c1-28(2)24-33(41(61)52-31(39(45)59)19-23-64-3)51-38(58)27-55-22-11-21-48-36(56)17-18-37(57)50-32(16-10-20-49-44(46)47)40(60)53-34(25-29-12-6-4-7-13-29)42(62)54-35(43(55)63)26-30-14-8-5-9-15-30/h4-9,12-15,28,31-35H,10-11,16-27H2,1-3H3,(H2,45,59)(H,48,56)(H,50,57)(H,51,58)(H,52,61)(H,53,60)(H,54,62)(H4,46,47,49)/t31-,32-,33-,34+,35-/m0/s1. The van der Waals surface area contributed by atoms with Gasteiger partial charge in [0, 0.05) is 45.3 Å². The molecule has 350 valence electrons. The molecule has 64 heavy (non-hydrogen) atoms. The zero-order valence-electron chi connectivity index (χ0n) is 36.9. The lowest BCUT2D eigenvalue weighted by Gasteiger charge is -2.30. The van der Waals surface area contributed by atoms with Crippen LogP contribution in [0, 0.1) is 5.92 Å². The molecule has 5 atom stereocenters. The molecule has 1 aliphatic heterocycles. The van der Waals surface area contributed by atoms with Crippen LogP contribution in [0.5, 0.6) is 0 Å². The Bertz CT molecular complexity index is 1900. The topological polar surface area (TPSA) is 302 Å². The number of primary amides is 1. The average Bonchev–Trinajstić information content (AvgIpc) is 3.25. The largest absolute Gasteiger partial charge is 0.370 e. The Morgan fingerprint density at radius 1 is 0.797 bits per heavy atom. The summed E-state index contributed by atoms with van der Waals surface area (Å²) in [5, 5.41) is 16.4. The van der Waals surface area contributed by atoms with E-state index in [2.05, 4.69) is 36.9 Å². The maximum Gasteiger partial charge on any atom is 0.245 e. The van der Waals surface area contributed by atoms with Crippen molar-refractivity contribution in [3.63, 3.8) is 0 Å². The fraction of sp³-hybridized carbons (Fsp3) is 0.523. The molecule has 1 aliphatic rings. The number of rotatable bonds is 19. The summed E-state index contributed by atoms with van der Waals surface area (Å²) in [4.78, 5) is 114. The van der Waals surface area contributed by atoms with Gasteiger partial charge in [-0.15, -0.1) is 0 Å². The minimum atomic E-state index is -1.26. The minimum Gasteiger partial charge on any atom is -0.370 e. The molecule has 3 rings (SSSR count). The summed E-state index contributed by atoms with van der Waals surface area (Å²) >= 11 is 1.48. The number of benzene rings is 2. The minimum absolute atomic E-state index is 0.00131. The van der Waals surface area contributed by atoms with Crippen molar-refractivity contribution in [3.8, 4) is 0 Å². The van der Waals surface area contributed by atoms with E-state index in [1.807, 2.05) is 20.1 Å². The van der Waals surface area contributed by atoms with Crippen LogP contribution in [0.15, 0.2) is 65.7 Å². The molecule has 2 aromatic carbocycles. The van der Waals surface area contributed by atoms with Crippen molar-refractivity contribution >= 4 is 65.0 Å². The van der Waals surface area contributed by atoms with Crippen LogP contribution in [-0.4, -0.2) is 127 Å². The maximum atomic E-state index is 14.8. The third-order valence-electron chi connectivity index (χ3n) is 10.2. The first kappa shape index (κ1) is 52.2. The molecule has 19 nitrogen and oxygen atoms in total. The lowest BCUT2D eigenvalue weighted by molar-refractivity contribution is -0.141. The monoisotopic (exact) mass is 907 g/mol. The van der Waals surface area contributed by atoms with Crippen LogP contribution >= 0.6 is 11.8 Å². The highest BCUT2D eigenvalue weighted by molar-refractivity contribution is 7.98. The number of carbonyl (C=O) groups excluding carboxylic acids is 8. The van der Waals surface area contributed by atoms with Crippen LogP contribution < -0.4 is 49.1 Å². The first-order valence-electron chi connectivity index (χ1n) is 21.5. The summed E-state index contributed by atoms with van der Waals surface area (Å²) in [6.45, 7) is 3.37. The summed E-state index contributed by atoms with van der Waals surface area (Å²) in [6.07, 6.45) is 2.49. The molecule has 0 spiro atoms. The van der Waals surface area contributed by atoms with E-state index in [1.54, 1.807) is 60.7 Å². The predicted octanol–water partition coefficient (Wildman–Crippen LogP) is -0.637. The molecule has 2 aromatic rings. The number of aliphatic imine (C=N–C) groups is 1. The Kier molecular flexibility index (Phi) is 22.6. The summed E-state index contributed by atoms with van der Waals surface area (Å²) in [5.74, 6) is -4.68. The molecule has 1 heterocycles. The molecule has 8 amide bonds. The molecule has 0 aromatic heterocycles. The number of carbonyl (C=O) groups is 8. The number of hydrogen-bond acceptors (Lipinski definition) is 10. The SMILES string of the molecule is CSCC[C@H](NC(=O)[C@H](CC(C)C)NC(=O)CN1CCCNC(=O)CCC(=O)N[C@@H](CCCN=C(N)N)C(=O)N[C@H](Cc2ccccc2)C(=O)N[C@@H](Cc2ccccc2)C1=O)C(N)=O. The molecule has 0 radical (unpaired) electrons. The Morgan fingerprint density at radius 3 is 1.98 bits per heavy atom. The van der Waals surface area contributed by atoms with Crippen molar-refractivity contribution < 1.29 is 38.4 Å². The van der Waals surface area contributed by atoms with Crippen LogP contribution in [0.25, 0.3) is 0 Å². The fourth-order valence-electron chi connectivity index (χ4n) is 6.90. The third kappa shape index (κ3) is 19.5. The van der Waals surface area contributed by atoms with E-state index in [0.717, 1.165) is 0 Å². The third-order valence-corrected chi connectivity index (χ3v) is 10.8. The highest BCUT2D eigenvalue weighted by Crippen LogP contribution is 2.12. The molecule has 0 saturated carbocycles. The highest BCUT2D eigenvalue weighted by atomic mass is 32.2. The predicted molar refractivity (Wildman–Crippen MR) is 245 cm³/mol.